The SMILES string of the molecule is N#C/N=c1/ncc2c(=O)ncc1=2. The molecule has 0 aliphatic carbocycles. The van der Waals surface area contributed by atoms with Crippen molar-refractivity contribution in [1.29, 1.82) is 5.26 Å². The van der Waals surface area contributed by atoms with E-state index in [4.69, 9.17) is 5.26 Å². The van der Waals surface area contributed by atoms with E-state index in [9.17, 15) is 4.79 Å². The molecule has 12 heavy (non-hydrogen) atoms. The number of rotatable bonds is 0. The third-order valence-corrected chi connectivity index (χ3v) is 1.54. The van der Waals surface area contributed by atoms with Crippen LogP contribution in [0.15, 0.2) is 22.2 Å². The van der Waals surface area contributed by atoms with E-state index in [0.717, 1.165) is 0 Å². The van der Waals surface area contributed by atoms with E-state index in [2.05, 4.69) is 15.0 Å². The van der Waals surface area contributed by atoms with Gasteiger partial charge in [0.05, 0.1) is 10.4 Å². The standard InChI is InChI=1S/C7H2N4O/c8-3-11-6-4-1-10-7(12)5(4)2-9-6/h1-2H/b11-6+. The van der Waals surface area contributed by atoms with Crippen LogP contribution in [0.3, 0.4) is 0 Å². The van der Waals surface area contributed by atoms with Crippen LogP contribution in [0, 0.1) is 21.9 Å². The second-order valence-corrected chi connectivity index (χ2v) is 2.18. The van der Waals surface area contributed by atoms with Gasteiger partial charge in [0.25, 0.3) is 5.56 Å². The van der Waals surface area contributed by atoms with Gasteiger partial charge < -0.3 is 0 Å². The van der Waals surface area contributed by atoms with Crippen LogP contribution in [0.25, 0.3) is 0 Å². The summed E-state index contributed by atoms with van der Waals surface area (Å²) in [5.74, 6) is 0. The average Bonchev–Trinajstić information content (AvgIpc) is 2.58. The Bertz CT molecular complexity index is 599. The zero-order chi connectivity index (χ0) is 8.55. The topological polar surface area (TPSA) is 79.0 Å². The lowest BCUT2D eigenvalue weighted by Gasteiger charge is -1.66. The fourth-order valence-electron chi connectivity index (χ4n) is 1.01. The second kappa shape index (κ2) is 2.20. The van der Waals surface area contributed by atoms with Crippen LogP contribution < -0.4 is 11.0 Å². The number of hydrogen-bond acceptors (Lipinski definition) is 5. The summed E-state index contributed by atoms with van der Waals surface area (Å²) >= 11 is 0. The summed E-state index contributed by atoms with van der Waals surface area (Å²) < 4.78 is 0. The molecule has 2 aliphatic heterocycles. The zero-order valence-corrected chi connectivity index (χ0v) is 5.85. The molecule has 0 bridgehead atoms. The molecule has 0 saturated heterocycles. The summed E-state index contributed by atoms with van der Waals surface area (Å²) in [6.45, 7) is 0. The van der Waals surface area contributed by atoms with Gasteiger partial charge in [-0.05, 0) is 0 Å². The molecule has 56 valence electrons. The van der Waals surface area contributed by atoms with Crippen molar-refractivity contribution in [2.24, 2.45) is 4.99 Å². The van der Waals surface area contributed by atoms with Gasteiger partial charge >= 0.3 is 0 Å². The molecule has 0 unspecified atom stereocenters. The molecule has 2 heterocycles. The van der Waals surface area contributed by atoms with E-state index < -0.39 is 0 Å². The van der Waals surface area contributed by atoms with Gasteiger partial charge in [0.2, 0.25) is 6.19 Å². The van der Waals surface area contributed by atoms with Gasteiger partial charge in [-0.15, -0.1) is 0 Å². The van der Waals surface area contributed by atoms with E-state index in [0.29, 0.717) is 10.4 Å². The molecule has 5 heteroatoms. The highest BCUT2D eigenvalue weighted by molar-refractivity contribution is 5.06. The maximum Gasteiger partial charge on any atom is 0.279 e. The molecular formula is C7H2N4O. The summed E-state index contributed by atoms with van der Waals surface area (Å²) in [6, 6.07) is 0. The van der Waals surface area contributed by atoms with E-state index in [1.807, 2.05) is 0 Å². The predicted octanol–water partition coefficient (Wildman–Crippen LogP) is -1.18. The van der Waals surface area contributed by atoms with E-state index in [1.54, 1.807) is 6.19 Å². The lowest BCUT2D eigenvalue weighted by Crippen LogP contribution is -2.01. The molecule has 0 aromatic heterocycles. The van der Waals surface area contributed by atoms with Gasteiger partial charge in [-0.2, -0.15) is 10.3 Å². The maximum atomic E-state index is 10.9. The largest absolute Gasteiger partial charge is 0.279 e. The van der Waals surface area contributed by atoms with Crippen molar-refractivity contribution in [3.8, 4) is 6.19 Å². The van der Waals surface area contributed by atoms with Gasteiger partial charge in [-0.3, -0.25) is 4.79 Å². The Hall–Kier alpha value is -2.09. The fourth-order valence-corrected chi connectivity index (χ4v) is 1.01. The molecule has 0 radical (unpaired) electrons. The molecule has 0 aromatic rings. The van der Waals surface area contributed by atoms with Crippen molar-refractivity contribution >= 4 is 0 Å². The average molecular weight is 158 g/mol. The third-order valence-electron chi connectivity index (χ3n) is 1.54. The number of hydrogen-bond donors (Lipinski definition) is 0. The van der Waals surface area contributed by atoms with Crippen molar-refractivity contribution in [3.05, 3.63) is 38.7 Å². The van der Waals surface area contributed by atoms with Crippen LogP contribution in [0.1, 0.15) is 0 Å². The molecule has 2 rings (SSSR count). The Morgan fingerprint density at radius 1 is 1.33 bits per heavy atom. The minimum Gasteiger partial charge on any atom is -0.267 e. The molecule has 0 spiro atoms. The molecular weight excluding hydrogens is 156 g/mol. The molecule has 0 atom stereocenters. The van der Waals surface area contributed by atoms with Crippen LogP contribution in [0.2, 0.25) is 0 Å². The van der Waals surface area contributed by atoms with Crippen LogP contribution in [0.5, 0.6) is 0 Å². The quantitative estimate of drug-likeness (QED) is 0.452. The van der Waals surface area contributed by atoms with Crippen LogP contribution in [-0.4, -0.2) is 9.97 Å². The molecule has 5 nitrogen and oxygen atoms in total. The zero-order valence-electron chi connectivity index (χ0n) is 5.85. The molecule has 0 fully saturated rings. The third kappa shape index (κ3) is 0.720. The van der Waals surface area contributed by atoms with Crippen molar-refractivity contribution in [2.45, 2.75) is 0 Å². The first-order valence-corrected chi connectivity index (χ1v) is 3.17. The number of aromatic nitrogens is 2. The molecule has 0 N–H and O–H groups in total. The summed E-state index contributed by atoms with van der Waals surface area (Å²) in [7, 11) is 0. The van der Waals surface area contributed by atoms with Crippen LogP contribution in [0.4, 0.5) is 0 Å². The number of nitrogens with zero attached hydrogens (tertiary/aromatic N) is 4. The Morgan fingerprint density at radius 2 is 2.08 bits per heavy atom. The predicted molar refractivity (Wildman–Crippen MR) is 37.2 cm³/mol. The highest BCUT2D eigenvalue weighted by Gasteiger charge is 2.00. The van der Waals surface area contributed by atoms with Crippen molar-refractivity contribution in [3.63, 3.8) is 0 Å². The maximum absolute atomic E-state index is 10.9. The summed E-state index contributed by atoms with van der Waals surface area (Å²) in [5, 5.41) is 9.21. The highest BCUT2D eigenvalue weighted by Crippen LogP contribution is 1.83. The van der Waals surface area contributed by atoms with Gasteiger partial charge in [0.1, 0.15) is 0 Å². The summed E-state index contributed by atoms with van der Waals surface area (Å²) in [4.78, 5) is 21.7. The minimum atomic E-state index is -0.322. The Labute approximate surface area is 66.0 Å². The monoisotopic (exact) mass is 158 g/mol. The lowest BCUT2D eigenvalue weighted by atomic mass is 10.4. The highest BCUT2D eigenvalue weighted by atomic mass is 16.1. The normalized spacial score (nSPS) is 12.1. The van der Waals surface area contributed by atoms with Crippen molar-refractivity contribution < 1.29 is 0 Å². The van der Waals surface area contributed by atoms with Gasteiger partial charge in [-0.1, -0.05) is 0 Å². The Kier molecular flexibility index (Phi) is 1.21. The molecule has 0 amide bonds. The summed E-state index contributed by atoms with van der Waals surface area (Å²) in [6.07, 6.45) is 4.36. The molecule has 0 saturated carbocycles. The Morgan fingerprint density at radius 3 is 2.83 bits per heavy atom. The second-order valence-electron chi connectivity index (χ2n) is 2.18. The van der Waals surface area contributed by atoms with Crippen molar-refractivity contribution in [2.75, 3.05) is 0 Å². The van der Waals surface area contributed by atoms with Crippen molar-refractivity contribution in [1.82, 2.24) is 9.97 Å². The van der Waals surface area contributed by atoms with Gasteiger partial charge in [-0.25, -0.2) is 9.97 Å². The number of nitriles is 1. The first kappa shape index (κ1) is 6.61. The summed E-state index contributed by atoms with van der Waals surface area (Å²) in [5.41, 5.74) is -0.0565. The van der Waals surface area contributed by atoms with E-state index in [-0.39, 0.29) is 11.0 Å². The van der Waals surface area contributed by atoms with Crippen LogP contribution in [-0.2, 0) is 0 Å². The van der Waals surface area contributed by atoms with Gasteiger partial charge in [0, 0.05) is 12.4 Å². The minimum absolute atomic E-state index is 0.266. The van der Waals surface area contributed by atoms with Gasteiger partial charge in [0.15, 0.2) is 5.49 Å². The molecule has 0 aromatic carbocycles. The lowest BCUT2D eigenvalue weighted by molar-refractivity contribution is 1.16. The Balaban J connectivity index is 3.10. The molecule has 2 aliphatic rings. The first-order valence-electron chi connectivity index (χ1n) is 3.17. The van der Waals surface area contributed by atoms with E-state index in [1.165, 1.54) is 12.4 Å². The van der Waals surface area contributed by atoms with E-state index >= 15 is 0 Å². The fraction of sp³-hybridized carbons (Fsp3) is 0. The smallest absolute Gasteiger partial charge is 0.267 e. The van der Waals surface area contributed by atoms with Crippen LogP contribution >= 0.6 is 0 Å². The first-order chi connectivity index (χ1) is 5.83.